The molecule has 1 rings (SSSR count). The maximum atomic E-state index is 9.05. The van der Waals surface area contributed by atoms with E-state index in [2.05, 4.69) is 0 Å². The van der Waals surface area contributed by atoms with Gasteiger partial charge in [-0.15, -0.1) is 0 Å². The number of aliphatic hydroxyl groups excluding tert-OH is 2. The molecule has 0 aromatic carbocycles. The van der Waals surface area contributed by atoms with Gasteiger partial charge in [0, 0.05) is 7.37 Å². The summed E-state index contributed by atoms with van der Waals surface area (Å²) in [6.45, 7) is -0.0775. The van der Waals surface area contributed by atoms with Crippen LogP contribution in [0, 0.1) is 0 Å². The van der Waals surface area contributed by atoms with Crippen LogP contribution in [0.2, 0.25) is 0 Å². The van der Waals surface area contributed by atoms with Crippen molar-refractivity contribution in [2.45, 2.75) is 31.2 Å². The molecule has 1 fully saturated rings. The van der Waals surface area contributed by atoms with E-state index in [1.54, 1.807) is 0 Å². The molecular formula is C5H9BO3. The molecule has 0 saturated carbocycles. The average molecular weight is 129 g/mol. The van der Waals surface area contributed by atoms with Crippen LogP contribution in [0.4, 0.5) is 0 Å². The van der Waals surface area contributed by atoms with Gasteiger partial charge in [0.25, 0.3) is 0 Å². The van der Waals surface area contributed by atoms with Crippen LogP contribution in [0.3, 0.4) is 0 Å². The van der Waals surface area contributed by atoms with Crippen molar-refractivity contribution >= 4 is 7.85 Å². The molecule has 0 amide bonds. The topological polar surface area (TPSA) is 49.7 Å². The molecule has 0 aromatic heterocycles. The minimum Gasteiger partial charge on any atom is -0.388 e. The fourth-order valence-corrected chi connectivity index (χ4v) is 0.777. The molecule has 50 valence electrons. The molecule has 0 bridgehead atoms. The Morgan fingerprint density at radius 3 is 2.44 bits per heavy atom. The van der Waals surface area contributed by atoms with Gasteiger partial charge >= 0.3 is 0 Å². The molecule has 1 unspecified atom stereocenters. The summed E-state index contributed by atoms with van der Waals surface area (Å²) in [5.74, 6) is 0. The van der Waals surface area contributed by atoms with E-state index in [9.17, 15) is 0 Å². The van der Waals surface area contributed by atoms with Crippen molar-refractivity contribution in [2.24, 2.45) is 0 Å². The highest BCUT2D eigenvalue weighted by Crippen LogP contribution is 2.17. The summed E-state index contributed by atoms with van der Waals surface area (Å²) in [6.07, 6.45) is -2.69. The third-order valence-electron chi connectivity index (χ3n) is 1.40. The van der Waals surface area contributed by atoms with Gasteiger partial charge < -0.3 is 14.9 Å². The maximum Gasteiger partial charge on any atom is 0.112 e. The first kappa shape index (κ1) is 5.71. The van der Waals surface area contributed by atoms with Gasteiger partial charge in [-0.25, -0.2) is 0 Å². The zero-order valence-electron chi connectivity index (χ0n) is 5.90. The third kappa shape index (κ3) is 1.10. The number of hydrogen-bond donors (Lipinski definition) is 2. The fourth-order valence-electron chi connectivity index (χ4n) is 0.777. The number of aliphatic hydroxyl groups is 2. The normalized spacial score (nSPS) is 53.3. The van der Waals surface area contributed by atoms with Crippen molar-refractivity contribution in [3.63, 3.8) is 0 Å². The number of hydrogen-bond acceptors (Lipinski definition) is 3. The summed E-state index contributed by atoms with van der Waals surface area (Å²) in [6, 6.07) is -0.842. The summed E-state index contributed by atoms with van der Waals surface area (Å²) in [7, 11) is 5.22. The van der Waals surface area contributed by atoms with Crippen LogP contribution < -0.4 is 0 Å². The second kappa shape index (κ2) is 2.29. The van der Waals surface area contributed by atoms with E-state index in [0.717, 1.165) is 0 Å². The minimum absolute atomic E-state index is 0.0775. The van der Waals surface area contributed by atoms with Gasteiger partial charge in [0.1, 0.15) is 14.0 Å². The van der Waals surface area contributed by atoms with Crippen molar-refractivity contribution in [3.8, 4) is 0 Å². The van der Waals surface area contributed by atoms with E-state index >= 15 is 0 Å². The second-order valence-corrected chi connectivity index (χ2v) is 2.12. The summed E-state index contributed by atoms with van der Waals surface area (Å²) in [5, 5.41) is 18.0. The van der Waals surface area contributed by atoms with Crippen LogP contribution in [-0.4, -0.2) is 42.4 Å². The summed E-state index contributed by atoms with van der Waals surface area (Å²) >= 11 is 0. The Kier molecular flexibility index (Phi) is 1.45. The molecule has 3 nitrogen and oxygen atoms in total. The first-order valence-electron chi connectivity index (χ1n) is 3.44. The van der Waals surface area contributed by atoms with Crippen LogP contribution in [0.25, 0.3) is 0 Å². The summed E-state index contributed by atoms with van der Waals surface area (Å²) < 4.78 is 11.7. The largest absolute Gasteiger partial charge is 0.388 e. The van der Waals surface area contributed by atoms with Gasteiger partial charge in [0.15, 0.2) is 0 Å². The second-order valence-electron chi connectivity index (χ2n) is 2.12. The van der Waals surface area contributed by atoms with E-state index in [1.165, 1.54) is 0 Å². The van der Waals surface area contributed by atoms with Gasteiger partial charge in [-0.2, -0.15) is 0 Å². The molecule has 0 aromatic rings. The lowest BCUT2D eigenvalue weighted by Gasteiger charge is -2.08. The van der Waals surface area contributed by atoms with Crippen molar-refractivity contribution in [1.29, 1.82) is 0 Å². The van der Waals surface area contributed by atoms with Crippen LogP contribution in [-0.2, 0) is 4.74 Å². The molecule has 0 spiro atoms. The quantitative estimate of drug-likeness (QED) is 0.396. The maximum absolute atomic E-state index is 9.05. The molecule has 4 heteroatoms. The Morgan fingerprint density at radius 2 is 2.22 bits per heavy atom. The lowest BCUT2D eigenvalue weighted by Crippen LogP contribution is -2.31. The molecule has 2 radical (unpaired) electrons. The van der Waals surface area contributed by atoms with Gasteiger partial charge in [-0.05, 0) is 6.90 Å². The van der Waals surface area contributed by atoms with E-state index in [1.807, 2.05) is 0 Å². The standard InChI is InChI=1S/C5H9BO3/c1-2-3(7)4(8)5(6)9-2/h2-5,7-8H,1H3/t2-,3+,4?,5-/m1/s1/i1D. The van der Waals surface area contributed by atoms with Crippen molar-refractivity contribution in [3.05, 3.63) is 0 Å². The molecule has 9 heavy (non-hydrogen) atoms. The highest BCUT2D eigenvalue weighted by Gasteiger charge is 2.36. The Labute approximate surface area is 56.5 Å². The van der Waals surface area contributed by atoms with Gasteiger partial charge in [-0.3, -0.25) is 0 Å². The highest BCUT2D eigenvalue weighted by atomic mass is 16.5. The molecular weight excluding hydrogens is 119 g/mol. The average Bonchev–Trinajstić information content (AvgIpc) is 2.17. The molecule has 4 atom stereocenters. The lowest BCUT2D eigenvalue weighted by molar-refractivity contribution is 0.0318. The van der Waals surface area contributed by atoms with Crippen LogP contribution in [0.1, 0.15) is 8.27 Å². The predicted molar refractivity (Wildman–Crippen MR) is 32.1 cm³/mol. The zero-order chi connectivity index (χ0) is 7.72. The molecule has 1 aliphatic heterocycles. The first-order chi connectivity index (χ1) is 4.66. The van der Waals surface area contributed by atoms with E-state index in [0.29, 0.717) is 0 Å². The van der Waals surface area contributed by atoms with Gasteiger partial charge in [0.05, 0.1) is 12.2 Å². The van der Waals surface area contributed by atoms with Crippen molar-refractivity contribution in [2.75, 3.05) is 0 Å². The summed E-state index contributed by atoms with van der Waals surface area (Å²) in [5.41, 5.74) is 0. The Balaban J connectivity index is 2.53. The van der Waals surface area contributed by atoms with E-state index < -0.39 is 24.3 Å². The van der Waals surface area contributed by atoms with E-state index in [-0.39, 0.29) is 6.90 Å². The lowest BCUT2D eigenvalue weighted by atomic mass is 9.93. The van der Waals surface area contributed by atoms with Crippen molar-refractivity contribution in [1.82, 2.24) is 0 Å². The first-order valence-corrected chi connectivity index (χ1v) is 2.73. The number of ether oxygens (including phenoxy) is 1. The summed E-state index contributed by atoms with van der Waals surface area (Å²) in [4.78, 5) is 0. The van der Waals surface area contributed by atoms with Crippen LogP contribution >= 0.6 is 0 Å². The Bertz CT molecular complexity index is 123. The van der Waals surface area contributed by atoms with E-state index in [4.69, 9.17) is 24.2 Å². The number of rotatable bonds is 0. The predicted octanol–water partition coefficient (Wildman–Crippen LogP) is -1.38. The Morgan fingerprint density at radius 1 is 1.56 bits per heavy atom. The molecule has 2 N–H and O–H groups in total. The fraction of sp³-hybridized carbons (Fsp3) is 1.00. The third-order valence-corrected chi connectivity index (χ3v) is 1.40. The Hall–Kier alpha value is -0.0551. The van der Waals surface area contributed by atoms with Crippen LogP contribution in [0.15, 0.2) is 0 Å². The van der Waals surface area contributed by atoms with Crippen molar-refractivity contribution < 1.29 is 16.3 Å². The zero-order valence-corrected chi connectivity index (χ0v) is 4.90. The SMILES string of the molecule is [2H]C[C@H]1O[C@@H]([B])C(O)[C@H]1O. The molecule has 1 aliphatic rings. The smallest absolute Gasteiger partial charge is 0.112 e. The van der Waals surface area contributed by atoms with Crippen LogP contribution in [0.5, 0.6) is 0 Å². The van der Waals surface area contributed by atoms with Gasteiger partial charge in [-0.1, -0.05) is 0 Å². The van der Waals surface area contributed by atoms with Gasteiger partial charge in [0.2, 0.25) is 0 Å². The highest BCUT2D eigenvalue weighted by molar-refractivity contribution is 6.11. The minimum atomic E-state index is -1.05. The molecule has 0 aliphatic carbocycles. The molecule has 1 saturated heterocycles. The monoisotopic (exact) mass is 129 g/mol. The molecule has 1 heterocycles.